The summed E-state index contributed by atoms with van der Waals surface area (Å²) in [6, 6.07) is 14.2. The minimum atomic E-state index is -0.436. The monoisotopic (exact) mass is 380 g/mol. The van der Waals surface area contributed by atoms with Gasteiger partial charge in [0.15, 0.2) is 0 Å². The Hall–Kier alpha value is -3.68. The molecule has 8 nitrogen and oxygen atoms in total. The number of aryl methyl sites for hydroxylation is 1. The molecule has 2 aromatic carbocycles. The molecule has 3 aromatic rings. The summed E-state index contributed by atoms with van der Waals surface area (Å²) in [5.41, 5.74) is 2.52. The van der Waals surface area contributed by atoms with Gasteiger partial charge in [0.05, 0.1) is 24.3 Å². The Morgan fingerprint density at radius 3 is 2.54 bits per heavy atom. The fourth-order valence-electron chi connectivity index (χ4n) is 3.08. The maximum absolute atomic E-state index is 12.9. The standard InChI is InChI=1S/C20H20N4O4/c1-13-19(24(26)27)14(2)23(22-13)12-15-8-4-5-9-16(15)20(25)21-17-10-6-7-11-18(17)28-3/h4-11H,12H2,1-3H3,(H,21,25). The zero-order valence-electron chi connectivity index (χ0n) is 15.8. The molecule has 1 amide bonds. The third-order valence-electron chi connectivity index (χ3n) is 4.46. The molecule has 0 fully saturated rings. The fourth-order valence-corrected chi connectivity index (χ4v) is 3.08. The number of nitro groups is 1. The molecule has 3 rings (SSSR count). The molecule has 0 atom stereocenters. The molecule has 1 N–H and O–H groups in total. The number of amides is 1. The van der Waals surface area contributed by atoms with Crippen molar-refractivity contribution in [1.82, 2.24) is 9.78 Å². The number of ether oxygens (including phenoxy) is 1. The van der Waals surface area contributed by atoms with Gasteiger partial charge in [-0.2, -0.15) is 5.10 Å². The summed E-state index contributed by atoms with van der Waals surface area (Å²) < 4.78 is 6.81. The van der Waals surface area contributed by atoms with Crippen LogP contribution in [0.1, 0.15) is 27.3 Å². The van der Waals surface area contributed by atoms with Gasteiger partial charge in [-0.1, -0.05) is 30.3 Å². The van der Waals surface area contributed by atoms with E-state index in [1.54, 1.807) is 54.9 Å². The van der Waals surface area contributed by atoms with Crippen LogP contribution in [-0.4, -0.2) is 27.7 Å². The number of rotatable bonds is 6. The van der Waals surface area contributed by atoms with Crippen LogP contribution in [0, 0.1) is 24.0 Å². The Kier molecular flexibility index (Phi) is 5.39. The normalized spacial score (nSPS) is 10.5. The van der Waals surface area contributed by atoms with Gasteiger partial charge in [0, 0.05) is 5.56 Å². The molecule has 8 heteroatoms. The van der Waals surface area contributed by atoms with Crippen molar-refractivity contribution in [2.24, 2.45) is 0 Å². The molecule has 0 spiro atoms. The lowest BCUT2D eigenvalue weighted by atomic mass is 10.1. The molecule has 0 saturated heterocycles. The third kappa shape index (κ3) is 3.71. The van der Waals surface area contributed by atoms with Gasteiger partial charge in [0.1, 0.15) is 17.1 Å². The second kappa shape index (κ2) is 7.91. The van der Waals surface area contributed by atoms with Crippen molar-refractivity contribution < 1.29 is 14.5 Å². The number of hydrogen-bond acceptors (Lipinski definition) is 5. The summed E-state index contributed by atoms with van der Waals surface area (Å²) in [6.45, 7) is 3.49. The fraction of sp³-hybridized carbons (Fsp3) is 0.200. The minimum Gasteiger partial charge on any atom is -0.495 e. The van der Waals surface area contributed by atoms with Crippen molar-refractivity contribution in [2.75, 3.05) is 12.4 Å². The highest BCUT2D eigenvalue weighted by molar-refractivity contribution is 6.06. The smallest absolute Gasteiger partial charge is 0.312 e. The van der Waals surface area contributed by atoms with Crippen molar-refractivity contribution in [3.63, 3.8) is 0 Å². The van der Waals surface area contributed by atoms with E-state index in [4.69, 9.17) is 4.74 Å². The van der Waals surface area contributed by atoms with E-state index in [1.807, 2.05) is 12.1 Å². The van der Waals surface area contributed by atoms with Gasteiger partial charge >= 0.3 is 5.69 Å². The first-order valence-corrected chi connectivity index (χ1v) is 8.63. The van der Waals surface area contributed by atoms with Crippen molar-refractivity contribution in [3.8, 4) is 5.75 Å². The highest BCUT2D eigenvalue weighted by Crippen LogP contribution is 2.25. The molecule has 0 unspecified atom stereocenters. The number of para-hydroxylation sites is 2. The van der Waals surface area contributed by atoms with E-state index in [0.29, 0.717) is 34.0 Å². The van der Waals surface area contributed by atoms with E-state index < -0.39 is 4.92 Å². The largest absolute Gasteiger partial charge is 0.495 e. The number of benzene rings is 2. The van der Waals surface area contributed by atoms with Crippen LogP contribution >= 0.6 is 0 Å². The molecule has 0 radical (unpaired) electrons. The van der Waals surface area contributed by atoms with Gasteiger partial charge in [0.2, 0.25) is 0 Å². The maximum Gasteiger partial charge on any atom is 0.312 e. The second-order valence-corrected chi connectivity index (χ2v) is 6.25. The first-order valence-electron chi connectivity index (χ1n) is 8.63. The molecular formula is C20H20N4O4. The Balaban J connectivity index is 1.91. The number of carbonyl (C=O) groups excluding carboxylic acids is 1. The van der Waals surface area contributed by atoms with Gasteiger partial charge in [-0.25, -0.2) is 0 Å². The summed E-state index contributed by atoms with van der Waals surface area (Å²) in [7, 11) is 1.54. The minimum absolute atomic E-state index is 0.00375. The van der Waals surface area contributed by atoms with Crippen LogP contribution in [0.3, 0.4) is 0 Å². The van der Waals surface area contributed by atoms with Gasteiger partial charge < -0.3 is 10.1 Å². The topological polar surface area (TPSA) is 99.3 Å². The van der Waals surface area contributed by atoms with Crippen molar-refractivity contribution in [1.29, 1.82) is 0 Å². The van der Waals surface area contributed by atoms with Crippen molar-refractivity contribution in [2.45, 2.75) is 20.4 Å². The van der Waals surface area contributed by atoms with Crippen LogP contribution in [0.15, 0.2) is 48.5 Å². The summed E-state index contributed by atoms with van der Waals surface area (Å²) in [5, 5.41) is 18.3. The molecule has 1 heterocycles. The van der Waals surface area contributed by atoms with Crippen LogP contribution in [-0.2, 0) is 6.54 Å². The van der Waals surface area contributed by atoms with Crippen LogP contribution in [0.2, 0.25) is 0 Å². The van der Waals surface area contributed by atoms with E-state index in [2.05, 4.69) is 10.4 Å². The van der Waals surface area contributed by atoms with Crippen LogP contribution in [0.4, 0.5) is 11.4 Å². The van der Waals surface area contributed by atoms with E-state index in [-0.39, 0.29) is 18.1 Å². The molecule has 0 aliphatic heterocycles. The summed E-state index contributed by atoms with van der Waals surface area (Å²) in [6.07, 6.45) is 0. The lowest BCUT2D eigenvalue weighted by Crippen LogP contribution is -2.16. The number of aromatic nitrogens is 2. The SMILES string of the molecule is COc1ccccc1NC(=O)c1ccccc1Cn1nc(C)c([N+](=O)[O-])c1C. The Labute approximate surface area is 161 Å². The Morgan fingerprint density at radius 2 is 1.86 bits per heavy atom. The molecule has 28 heavy (non-hydrogen) atoms. The molecule has 0 bridgehead atoms. The van der Waals surface area contributed by atoms with E-state index in [9.17, 15) is 14.9 Å². The van der Waals surface area contributed by atoms with E-state index in [1.165, 1.54) is 7.11 Å². The average molecular weight is 380 g/mol. The Morgan fingerprint density at radius 1 is 1.18 bits per heavy atom. The number of methoxy groups -OCH3 is 1. The highest BCUT2D eigenvalue weighted by Gasteiger charge is 2.22. The third-order valence-corrected chi connectivity index (χ3v) is 4.46. The van der Waals surface area contributed by atoms with E-state index >= 15 is 0 Å². The number of hydrogen-bond donors (Lipinski definition) is 1. The second-order valence-electron chi connectivity index (χ2n) is 6.25. The summed E-state index contributed by atoms with van der Waals surface area (Å²) in [4.78, 5) is 23.6. The van der Waals surface area contributed by atoms with Crippen molar-refractivity contribution in [3.05, 3.63) is 81.2 Å². The quantitative estimate of drug-likeness (QED) is 0.519. The number of nitrogens with one attached hydrogen (secondary N) is 1. The van der Waals surface area contributed by atoms with Crippen LogP contribution in [0.25, 0.3) is 0 Å². The summed E-state index contributed by atoms with van der Waals surface area (Å²) >= 11 is 0. The molecular weight excluding hydrogens is 360 g/mol. The molecule has 0 saturated carbocycles. The van der Waals surface area contributed by atoms with Gasteiger partial charge in [-0.3, -0.25) is 19.6 Å². The van der Waals surface area contributed by atoms with Crippen molar-refractivity contribution >= 4 is 17.3 Å². The highest BCUT2D eigenvalue weighted by atomic mass is 16.6. The first-order chi connectivity index (χ1) is 13.4. The Bertz CT molecular complexity index is 1040. The zero-order chi connectivity index (χ0) is 20.3. The first kappa shape index (κ1) is 19.1. The number of nitrogens with zero attached hydrogens (tertiary/aromatic N) is 3. The van der Waals surface area contributed by atoms with Gasteiger partial charge in [-0.15, -0.1) is 0 Å². The lowest BCUT2D eigenvalue weighted by Gasteiger charge is -2.13. The molecule has 1 aromatic heterocycles. The van der Waals surface area contributed by atoms with Crippen LogP contribution < -0.4 is 10.1 Å². The average Bonchev–Trinajstić information content (AvgIpc) is 2.95. The predicted octanol–water partition coefficient (Wildman–Crippen LogP) is 3.72. The van der Waals surface area contributed by atoms with Gasteiger partial charge in [0.25, 0.3) is 5.91 Å². The predicted molar refractivity (Wildman–Crippen MR) is 105 cm³/mol. The molecule has 0 aliphatic carbocycles. The maximum atomic E-state index is 12.9. The van der Waals surface area contributed by atoms with Crippen LogP contribution in [0.5, 0.6) is 5.75 Å². The lowest BCUT2D eigenvalue weighted by molar-refractivity contribution is -0.386. The zero-order valence-corrected chi connectivity index (χ0v) is 15.8. The number of carbonyl (C=O) groups is 1. The number of anilines is 1. The molecule has 0 aliphatic rings. The van der Waals surface area contributed by atoms with E-state index in [0.717, 1.165) is 0 Å². The summed E-state index contributed by atoms with van der Waals surface area (Å²) in [5.74, 6) is 0.263. The molecule has 144 valence electrons. The van der Waals surface area contributed by atoms with Gasteiger partial charge in [-0.05, 0) is 37.6 Å².